The number of nitrogens with one attached hydrogen (secondary N) is 1. The molecule has 1 unspecified atom stereocenters. The fraction of sp³-hybridized carbons (Fsp3) is 0.579. The summed E-state index contributed by atoms with van der Waals surface area (Å²) in [5.74, 6) is 1.86. The van der Waals surface area contributed by atoms with Crippen molar-refractivity contribution in [2.24, 2.45) is 0 Å². The summed E-state index contributed by atoms with van der Waals surface area (Å²) in [7, 11) is 0. The first kappa shape index (κ1) is 15.8. The SMILES string of the molecule is CCN1CCC(N2CCCC2c2nc(-c3ccccc3)n[nH]2)CC1. The highest BCUT2D eigenvalue weighted by Crippen LogP contribution is 2.35. The molecule has 1 aromatic carbocycles. The van der Waals surface area contributed by atoms with Crippen LogP contribution in [0.4, 0.5) is 0 Å². The highest BCUT2D eigenvalue weighted by molar-refractivity contribution is 5.53. The fourth-order valence-electron chi connectivity index (χ4n) is 4.23. The van der Waals surface area contributed by atoms with Crippen molar-refractivity contribution in [3.63, 3.8) is 0 Å². The highest BCUT2D eigenvalue weighted by atomic mass is 15.3. The van der Waals surface area contributed by atoms with Gasteiger partial charge in [0.1, 0.15) is 5.82 Å². The van der Waals surface area contributed by atoms with Crippen LogP contribution in [-0.4, -0.2) is 57.2 Å². The van der Waals surface area contributed by atoms with Crippen LogP contribution in [0, 0.1) is 0 Å². The molecular weight excluding hydrogens is 298 g/mol. The third kappa shape index (κ3) is 3.10. The van der Waals surface area contributed by atoms with Crippen molar-refractivity contribution in [1.29, 1.82) is 0 Å². The molecule has 0 spiro atoms. The molecule has 2 fully saturated rings. The summed E-state index contributed by atoms with van der Waals surface area (Å²) in [5.41, 5.74) is 1.08. The molecule has 5 nitrogen and oxygen atoms in total. The minimum atomic E-state index is 0.410. The highest BCUT2D eigenvalue weighted by Gasteiger charge is 2.35. The predicted octanol–water partition coefficient (Wildman–Crippen LogP) is 3.09. The molecule has 1 atom stereocenters. The lowest BCUT2D eigenvalue weighted by Gasteiger charge is -2.38. The molecule has 3 heterocycles. The van der Waals surface area contributed by atoms with E-state index in [0.29, 0.717) is 12.1 Å². The monoisotopic (exact) mass is 325 g/mol. The zero-order valence-corrected chi connectivity index (χ0v) is 14.5. The number of hydrogen-bond donors (Lipinski definition) is 1. The third-order valence-electron chi connectivity index (χ3n) is 5.62. The summed E-state index contributed by atoms with van der Waals surface area (Å²) in [6.45, 7) is 7.10. The van der Waals surface area contributed by atoms with E-state index in [0.717, 1.165) is 17.2 Å². The van der Waals surface area contributed by atoms with E-state index in [2.05, 4.69) is 39.1 Å². The topological polar surface area (TPSA) is 48.1 Å². The van der Waals surface area contributed by atoms with Crippen LogP contribution >= 0.6 is 0 Å². The van der Waals surface area contributed by atoms with E-state index in [1.807, 2.05) is 18.2 Å². The second-order valence-corrected chi connectivity index (χ2v) is 6.97. The third-order valence-corrected chi connectivity index (χ3v) is 5.62. The molecule has 0 amide bonds. The number of hydrogen-bond acceptors (Lipinski definition) is 4. The van der Waals surface area contributed by atoms with Crippen molar-refractivity contribution in [3.05, 3.63) is 36.2 Å². The zero-order chi connectivity index (χ0) is 16.4. The van der Waals surface area contributed by atoms with Gasteiger partial charge in [0.25, 0.3) is 0 Å². The van der Waals surface area contributed by atoms with Gasteiger partial charge in [0.05, 0.1) is 6.04 Å². The predicted molar refractivity (Wildman–Crippen MR) is 95.6 cm³/mol. The zero-order valence-electron chi connectivity index (χ0n) is 14.5. The molecule has 2 aromatic rings. The first-order valence-corrected chi connectivity index (χ1v) is 9.31. The molecule has 0 saturated carbocycles. The van der Waals surface area contributed by atoms with Crippen LogP contribution in [0.5, 0.6) is 0 Å². The lowest BCUT2D eigenvalue weighted by molar-refractivity contribution is 0.0985. The van der Waals surface area contributed by atoms with Gasteiger partial charge >= 0.3 is 0 Å². The van der Waals surface area contributed by atoms with Crippen LogP contribution in [0.1, 0.15) is 44.5 Å². The van der Waals surface area contributed by atoms with Crippen molar-refractivity contribution in [1.82, 2.24) is 25.0 Å². The number of aromatic amines is 1. The summed E-state index contributed by atoms with van der Waals surface area (Å²) in [5, 5.41) is 7.69. The lowest BCUT2D eigenvalue weighted by Crippen LogP contribution is -2.44. The molecule has 2 aliphatic rings. The van der Waals surface area contributed by atoms with E-state index >= 15 is 0 Å². The van der Waals surface area contributed by atoms with Crippen molar-refractivity contribution in [3.8, 4) is 11.4 Å². The van der Waals surface area contributed by atoms with Gasteiger partial charge in [-0.1, -0.05) is 37.3 Å². The second-order valence-electron chi connectivity index (χ2n) is 6.97. The molecule has 1 N–H and O–H groups in total. The number of likely N-dealkylation sites (tertiary alicyclic amines) is 2. The second kappa shape index (κ2) is 7.03. The van der Waals surface area contributed by atoms with Crippen molar-refractivity contribution in [2.75, 3.05) is 26.2 Å². The summed E-state index contributed by atoms with van der Waals surface area (Å²) in [4.78, 5) is 10.1. The molecule has 24 heavy (non-hydrogen) atoms. The quantitative estimate of drug-likeness (QED) is 0.938. The maximum absolute atomic E-state index is 4.82. The van der Waals surface area contributed by atoms with Crippen molar-refractivity contribution in [2.45, 2.75) is 44.7 Å². The summed E-state index contributed by atoms with van der Waals surface area (Å²) in [6, 6.07) is 11.3. The van der Waals surface area contributed by atoms with Gasteiger partial charge in [-0.3, -0.25) is 10.00 Å². The Kier molecular flexibility index (Phi) is 4.63. The number of benzene rings is 1. The lowest BCUT2D eigenvalue weighted by atomic mass is 10.0. The molecule has 4 rings (SSSR count). The number of nitrogens with zero attached hydrogens (tertiary/aromatic N) is 4. The average Bonchev–Trinajstić information content (AvgIpc) is 3.32. The fourth-order valence-corrected chi connectivity index (χ4v) is 4.23. The molecule has 1 aromatic heterocycles. The normalized spacial score (nSPS) is 23.8. The maximum atomic E-state index is 4.82. The molecule has 128 valence electrons. The Bertz CT molecular complexity index is 645. The molecule has 0 radical (unpaired) electrons. The number of aromatic nitrogens is 3. The van der Waals surface area contributed by atoms with Crippen LogP contribution in [-0.2, 0) is 0 Å². The van der Waals surface area contributed by atoms with Crippen LogP contribution in [0.25, 0.3) is 11.4 Å². The summed E-state index contributed by atoms with van der Waals surface area (Å²) in [6.07, 6.45) is 5.02. The smallest absolute Gasteiger partial charge is 0.181 e. The molecule has 0 aliphatic carbocycles. The van der Waals surface area contributed by atoms with Gasteiger partial charge in [-0.25, -0.2) is 4.98 Å². The van der Waals surface area contributed by atoms with Gasteiger partial charge in [-0.05, 0) is 51.9 Å². The average molecular weight is 325 g/mol. The first-order chi connectivity index (χ1) is 11.8. The Balaban J connectivity index is 1.48. The Morgan fingerprint density at radius 3 is 2.62 bits per heavy atom. The van der Waals surface area contributed by atoms with E-state index in [1.165, 1.54) is 51.9 Å². The van der Waals surface area contributed by atoms with Gasteiger partial charge in [-0.2, -0.15) is 5.10 Å². The van der Waals surface area contributed by atoms with Crippen molar-refractivity contribution < 1.29 is 0 Å². The molecule has 5 heteroatoms. The van der Waals surface area contributed by atoms with E-state index in [4.69, 9.17) is 4.98 Å². The largest absolute Gasteiger partial charge is 0.303 e. The minimum absolute atomic E-state index is 0.410. The van der Waals surface area contributed by atoms with Crippen LogP contribution < -0.4 is 0 Å². The number of H-pyrrole nitrogens is 1. The van der Waals surface area contributed by atoms with E-state index in [9.17, 15) is 0 Å². The molecule has 2 saturated heterocycles. The van der Waals surface area contributed by atoms with Gasteiger partial charge in [0, 0.05) is 11.6 Å². The molecular formula is C19H27N5. The Labute approximate surface area is 144 Å². The van der Waals surface area contributed by atoms with E-state index in [1.54, 1.807) is 0 Å². The van der Waals surface area contributed by atoms with Crippen LogP contribution in [0.3, 0.4) is 0 Å². The first-order valence-electron chi connectivity index (χ1n) is 9.31. The standard InChI is InChI=1S/C19H27N5/c1-2-23-13-10-16(11-14-23)24-12-6-9-17(24)19-20-18(21-22-19)15-7-4-3-5-8-15/h3-5,7-8,16-17H,2,6,9-14H2,1H3,(H,20,21,22). The number of piperidine rings is 1. The van der Waals surface area contributed by atoms with E-state index in [-0.39, 0.29) is 0 Å². The number of rotatable bonds is 4. The molecule has 2 aliphatic heterocycles. The van der Waals surface area contributed by atoms with Crippen LogP contribution in [0.15, 0.2) is 30.3 Å². The van der Waals surface area contributed by atoms with Crippen LogP contribution in [0.2, 0.25) is 0 Å². The maximum Gasteiger partial charge on any atom is 0.181 e. The van der Waals surface area contributed by atoms with Gasteiger partial charge in [0.15, 0.2) is 5.82 Å². The van der Waals surface area contributed by atoms with Gasteiger partial charge in [0.2, 0.25) is 0 Å². The van der Waals surface area contributed by atoms with E-state index < -0.39 is 0 Å². The van der Waals surface area contributed by atoms with Gasteiger partial charge < -0.3 is 4.90 Å². The Morgan fingerprint density at radius 2 is 1.88 bits per heavy atom. The summed E-state index contributed by atoms with van der Waals surface area (Å²) < 4.78 is 0. The van der Waals surface area contributed by atoms with Crippen molar-refractivity contribution >= 4 is 0 Å². The van der Waals surface area contributed by atoms with Gasteiger partial charge in [-0.15, -0.1) is 0 Å². The Morgan fingerprint density at radius 1 is 1.08 bits per heavy atom. The minimum Gasteiger partial charge on any atom is -0.303 e. The summed E-state index contributed by atoms with van der Waals surface area (Å²) >= 11 is 0. The Hall–Kier alpha value is -1.72. The molecule has 0 bridgehead atoms.